The maximum Gasteiger partial charge on any atom is 0.490 e. The number of H-pyrrole nitrogens is 1. The van der Waals surface area contributed by atoms with E-state index in [2.05, 4.69) is 15.5 Å². The van der Waals surface area contributed by atoms with Crippen LogP contribution in [0, 0.1) is 0 Å². The number of aliphatic carboxylic acids is 1. The molecule has 0 aliphatic heterocycles. The molecule has 6 nitrogen and oxygen atoms in total. The number of fused-ring (bicyclic) bond motifs is 1. The summed E-state index contributed by atoms with van der Waals surface area (Å²) in [5.74, 6) is -2.76. The van der Waals surface area contributed by atoms with E-state index in [-0.39, 0.29) is 6.54 Å². The number of carbonyl (C=O) groups is 1. The second kappa shape index (κ2) is 10.0. The molecular formula is C15H19F5N4O2. The average Bonchev–Trinajstić information content (AvgIpc) is 2.99. The summed E-state index contributed by atoms with van der Waals surface area (Å²) >= 11 is 0. The Morgan fingerprint density at radius 3 is 2.62 bits per heavy atom. The van der Waals surface area contributed by atoms with Gasteiger partial charge in [0.05, 0.1) is 18.3 Å². The van der Waals surface area contributed by atoms with E-state index in [9.17, 15) is 22.0 Å². The standard InChI is InChI=1S/C13H18F2N4.C2HF3O2/c1-19(9-12(14)15)6-5-16-7-10-3-2-4-11-8-17-18-13(10)11;3-2(4,5)1(6)7/h2-4,8,12,16H,5-7,9H2,1H3,(H,17,18);(H,6,7). The summed E-state index contributed by atoms with van der Waals surface area (Å²) in [6, 6.07) is 6.01. The van der Waals surface area contributed by atoms with Crippen LogP contribution in [-0.4, -0.2) is 65.5 Å². The summed E-state index contributed by atoms with van der Waals surface area (Å²) in [4.78, 5) is 10.5. The number of carboxylic acid groups (broad SMARTS) is 1. The largest absolute Gasteiger partial charge is 0.490 e. The quantitative estimate of drug-likeness (QED) is 0.506. The van der Waals surface area contributed by atoms with Gasteiger partial charge < -0.3 is 10.4 Å². The number of likely N-dealkylation sites (N-methyl/N-ethyl adjacent to an activating group) is 1. The topological polar surface area (TPSA) is 81.2 Å². The van der Waals surface area contributed by atoms with Gasteiger partial charge in [0.15, 0.2) is 0 Å². The highest BCUT2D eigenvalue weighted by Crippen LogP contribution is 2.15. The number of para-hydroxylation sites is 1. The van der Waals surface area contributed by atoms with Gasteiger partial charge in [0.25, 0.3) is 6.43 Å². The molecule has 0 aliphatic carbocycles. The molecule has 0 atom stereocenters. The Labute approximate surface area is 146 Å². The predicted octanol–water partition coefficient (Wildman–Crippen LogP) is 2.48. The first-order valence-electron chi connectivity index (χ1n) is 7.49. The lowest BCUT2D eigenvalue weighted by Gasteiger charge is -2.16. The fourth-order valence-corrected chi connectivity index (χ4v) is 2.00. The fraction of sp³-hybridized carbons (Fsp3) is 0.467. The van der Waals surface area contributed by atoms with Crippen molar-refractivity contribution in [2.24, 2.45) is 0 Å². The molecule has 1 aromatic heterocycles. The Hall–Kier alpha value is -2.27. The van der Waals surface area contributed by atoms with Gasteiger partial charge in [-0.05, 0) is 12.6 Å². The highest BCUT2D eigenvalue weighted by atomic mass is 19.4. The van der Waals surface area contributed by atoms with Crippen molar-refractivity contribution in [3.63, 3.8) is 0 Å². The number of alkyl halides is 5. The Morgan fingerprint density at radius 2 is 2.04 bits per heavy atom. The fourth-order valence-electron chi connectivity index (χ4n) is 2.00. The summed E-state index contributed by atoms with van der Waals surface area (Å²) < 4.78 is 56.0. The molecule has 0 saturated carbocycles. The van der Waals surface area contributed by atoms with Crippen molar-refractivity contribution in [2.75, 3.05) is 26.7 Å². The van der Waals surface area contributed by atoms with E-state index in [4.69, 9.17) is 9.90 Å². The third-order valence-electron chi connectivity index (χ3n) is 3.24. The van der Waals surface area contributed by atoms with Gasteiger partial charge in [-0.25, -0.2) is 13.6 Å². The Balaban J connectivity index is 0.000000412. The van der Waals surface area contributed by atoms with E-state index in [1.54, 1.807) is 18.1 Å². The SMILES string of the molecule is CN(CCNCc1cccc2cn[nH]c12)CC(F)F.O=C(O)C(F)(F)F. The van der Waals surface area contributed by atoms with E-state index in [1.807, 2.05) is 18.2 Å². The number of benzene rings is 1. The van der Waals surface area contributed by atoms with Gasteiger partial charge in [0.1, 0.15) is 0 Å². The van der Waals surface area contributed by atoms with Crippen LogP contribution in [0.3, 0.4) is 0 Å². The zero-order valence-corrected chi connectivity index (χ0v) is 13.9. The Kier molecular flexibility index (Phi) is 8.39. The average molecular weight is 382 g/mol. The second-order valence-electron chi connectivity index (χ2n) is 5.38. The summed E-state index contributed by atoms with van der Waals surface area (Å²) in [5.41, 5.74) is 2.16. The molecule has 1 heterocycles. The van der Waals surface area contributed by atoms with Crippen LogP contribution >= 0.6 is 0 Å². The molecule has 0 radical (unpaired) electrons. The highest BCUT2D eigenvalue weighted by Gasteiger charge is 2.38. The van der Waals surface area contributed by atoms with Crippen molar-refractivity contribution in [2.45, 2.75) is 19.1 Å². The smallest absolute Gasteiger partial charge is 0.475 e. The first-order chi connectivity index (χ1) is 12.1. The van der Waals surface area contributed by atoms with Gasteiger partial charge in [-0.2, -0.15) is 18.3 Å². The third kappa shape index (κ3) is 7.74. The minimum Gasteiger partial charge on any atom is -0.475 e. The van der Waals surface area contributed by atoms with Crippen LogP contribution in [0.15, 0.2) is 24.4 Å². The molecule has 0 unspecified atom stereocenters. The molecule has 0 saturated heterocycles. The molecule has 3 N–H and O–H groups in total. The van der Waals surface area contributed by atoms with Gasteiger partial charge in [-0.3, -0.25) is 10.00 Å². The van der Waals surface area contributed by atoms with Crippen LogP contribution in [0.2, 0.25) is 0 Å². The molecule has 2 rings (SSSR count). The van der Waals surface area contributed by atoms with Crippen molar-refractivity contribution >= 4 is 16.9 Å². The molecule has 26 heavy (non-hydrogen) atoms. The van der Waals surface area contributed by atoms with Crippen molar-refractivity contribution in [3.8, 4) is 0 Å². The first kappa shape index (κ1) is 21.8. The van der Waals surface area contributed by atoms with E-state index < -0.39 is 18.6 Å². The zero-order chi connectivity index (χ0) is 19.7. The van der Waals surface area contributed by atoms with Crippen LogP contribution < -0.4 is 5.32 Å². The monoisotopic (exact) mass is 382 g/mol. The van der Waals surface area contributed by atoms with Gasteiger partial charge >= 0.3 is 12.1 Å². The number of carboxylic acids is 1. The van der Waals surface area contributed by atoms with Crippen molar-refractivity contribution in [3.05, 3.63) is 30.0 Å². The molecule has 1 aromatic carbocycles. The number of rotatable bonds is 7. The maximum absolute atomic E-state index is 12.1. The van der Waals surface area contributed by atoms with E-state index in [0.29, 0.717) is 19.6 Å². The number of aromatic nitrogens is 2. The number of hydrogen-bond donors (Lipinski definition) is 3. The Morgan fingerprint density at radius 1 is 1.38 bits per heavy atom. The zero-order valence-electron chi connectivity index (χ0n) is 13.9. The van der Waals surface area contributed by atoms with Crippen LogP contribution in [0.25, 0.3) is 10.9 Å². The molecule has 0 bridgehead atoms. The van der Waals surface area contributed by atoms with Crippen LogP contribution in [-0.2, 0) is 11.3 Å². The minimum atomic E-state index is -5.08. The van der Waals surface area contributed by atoms with E-state index >= 15 is 0 Å². The molecule has 11 heteroatoms. The second-order valence-corrected chi connectivity index (χ2v) is 5.38. The molecule has 0 fully saturated rings. The molecule has 2 aromatic rings. The lowest BCUT2D eigenvalue weighted by Crippen LogP contribution is -2.32. The van der Waals surface area contributed by atoms with Crippen LogP contribution in [0.1, 0.15) is 5.56 Å². The van der Waals surface area contributed by atoms with Crippen molar-refractivity contribution in [1.29, 1.82) is 0 Å². The number of nitrogens with one attached hydrogen (secondary N) is 2. The molecule has 0 spiro atoms. The van der Waals surface area contributed by atoms with Gasteiger partial charge in [0, 0.05) is 25.0 Å². The molecule has 0 aliphatic rings. The van der Waals surface area contributed by atoms with Gasteiger partial charge in [-0.1, -0.05) is 18.2 Å². The van der Waals surface area contributed by atoms with E-state index in [1.165, 1.54) is 0 Å². The first-order valence-corrected chi connectivity index (χ1v) is 7.49. The number of aromatic amines is 1. The Bertz CT molecular complexity index is 690. The van der Waals surface area contributed by atoms with Crippen LogP contribution in [0.4, 0.5) is 22.0 Å². The summed E-state index contributed by atoms with van der Waals surface area (Å²) in [7, 11) is 1.70. The number of hydrogen-bond acceptors (Lipinski definition) is 4. The van der Waals surface area contributed by atoms with E-state index in [0.717, 1.165) is 16.5 Å². The normalized spacial score (nSPS) is 11.7. The highest BCUT2D eigenvalue weighted by molar-refractivity contribution is 5.81. The third-order valence-corrected chi connectivity index (χ3v) is 3.24. The van der Waals surface area contributed by atoms with Crippen molar-refractivity contribution < 1.29 is 31.9 Å². The molecule has 0 amide bonds. The summed E-state index contributed by atoms with van der Waals surface area (Å²) in [6.07, 6.45) is -5.57. The number of nitrogens with zero attached hydrogens (tertiary/aromatic N) is 2. The maximum atomic E-state index is 12.1. The van der Waals surface area contributed by atoms with Crippen molar-refractivity contribution in [1.82, 2.24) is 20.4 Å². The lowest BCUT2D eigenvalue weighted by atomic mass is 10.1. The molecule has 146 valence electrons. The summed E-state index contributed by atoms with van der Waals surface area (Å²) in [6.45, 7) is 1.79. The van der Waals surface area contributed by atoms with Gasteiger partial charge in [0.2, 0.25) is 0 Å². The molecular weight excluding hydrogens is 363 g/mol. The van der Waals surface area contributed by atoms with Crippen LogP contribution in [0.5, 0.6) is 0 Å². The van der Waals surface area contributed by atoms with Gasteiger partial charge in [-0.15, -0.1) is 0 Å². The summed E-state index contributed by atoms with van der Waals surface area (Å²) in [5, 5.41) is 18.4. The lowest BCUT2D eigenvalue weighted by molar-refractivity contribution is -0.192. The predicted molar refractivity (Wildman–Crippen MR) is 85.0 cm³/mol. The minimum absolute atomic E-state index is 0.183. The number of halogens is 5.